The summed E-state index contributed by atoms with van der Waals surface area (Å²) < 4.78 is 6.29. The quantitative estimate of drug-likeness (QED) is 0.302. The summed E-state index contributed by atoms with van der Waals surface area (Å²) in [6.45, 7) is 1.47. The fourth-order valence-corrected chi connectivity index (χ4v) is 4.56. The third-order valence-corrected chi connectivity index (χ3v) is 6.26. The molecule has 0 aliphatic carbocycles. The Morgan fingerprint density at radius 2 is 1.39 bits per heavy atom. The molecule has 0 heterocycles. The summed E-state index contributed by atoms with van der Waals surface area (Å²) in [4.78, 5) is 6.64. The smallest absolute Gasteiger partial charge is 0.0917 e. The minimum atomic E-state index is -0.782. The molecule has 4 heteroatoms. The van der Waals surface area contributed by atoms with E-state index in [1.165, 1.54) is 16.3 Å². The molecule has 3 aromatic rings. The lowest BCUT2D eigenvalue weighted by molar-refractivity contribution is 0.355. The van der Waals surface area contributed by atoms with Gasteiger partial charge in [0.1, 0.15) is 0 Å². The highest BCUT2D eigenvalue weighted by Crippen LogP contribution is 2.34. The summed E-state index contributed by atoms with van der Waals surface area (Å²) in [5.41, 5.74) is 2.32. The Kier molecular flexibility index (Phi) is 7.78. The van der Waals surface area contributed by atoms with Crippen molar-refractivity contribution in [3.8, 4) is 0 Å². The van der Waals surface area contributed by atoms with Crippen LogP contribution in [0.2, 0.25) is 0 Å². The van der Waals surface area contributed by atoms with Crippen molar-refractivity contribution < 1.29 is 4.52 Å². The predicted molar refractivity (Wildman–Crippen MR) is 123 cm³/mol. The first-order valence-corrected chi connectivity index (χ1v) is 10.8. The van der Waals surface area contributed by atoms with Crippen molar-refractivity contribution in [3.05, 3.63) is 90.5 Å². The Labute approximate surface area is 169 Å². The number of hydrogen-bond acceptors (Lipinski definition) is 3. The van der Waals surface area contributed by atoms with Crippen LogP contribution < -0.4 is 15.5 Å². The van der Waals surface area contributed by atoms with Crippen LogP contribution in [0.1, 0.15) is 12.0 Å². The van der Waals surface area contributed by atoms with E-state index in [1.807, 2.05) is 32.4 Å². The first-order valence-electron chi connectivity index (χ1n) is 9.54. The second-order valence-corrected chi connectivity index (χ2v) is 8.55. The molecule has 0 saturated carbocycles. The topological polar surface area (TPSA) is 24.8 Å². The Morgan fingerprint density at radius 3 is 1.93 bits per heavy atom. The van der Waals surface area contributed by atoms with Crippen molar-refractivity contribution in [3.63, 3.8) is 0 Å². The van der Waals surface area contributed by atoms with Crippen LogP contribution in [0.3, 0.4) is 0 Å². The van der Waals surface area contributed by atoms with Crippen LogP contribution in [-0.2, 0) is 4.52 Å². The minimum absolute atomic E-state index is 0.701. The second kappa shape index (κ2) is 10.8. The first kappa shape index (κ1) is 20.3. The van der Waals surface area contributed by atoms with Gasteiger partial charge in [-0.15, -0.1) is 0 Å². The number of rotatable bonds is 9. The molecule has 0 aromatic heterocycles. The average Bonchev–Trinajstić information content (AvgIpc) is 2.75. The van der Waals surface area contributed by atoms with Crippen LogP contribution in [0.15, 0.2) is 89.9 Å². The van der Waals surface area contributed by atoms with Crippen LogP contribution >= 0.6 is 8.15 Å². The Hall–Kier alpha value is -2.48. The lowest BCUT2D eigenvalue weighted by Gasteiger charge is -2.18. The molecule has 0 radical (unpaired) electrons. The molecule has 28 heavy (non-hydrogen) atoms. The summed E-state index contributed by atoms with van der Waals surface area (Å²) in [5, 5.41) is 2.49. The highest BCUT2D eigenvalue weighted by Gasteiger charge is 2.14. The van der Waals surface area contributed by atoms with Gasteiger partial charge in [0.05, 0.1) is 14.8 Å². The van der Waals surface area contributed by atoms with Crippen molar-refractivity contribution in [2.75, 3.05) is 32.1 Å². The largest absolute Gasteiger partial charge is 0.378 e. The van der Waals surface area contributed by atoms with E-state index >= 15 is 0 Å². The number of hydrogen-bond donors (Lipinski definition) is 0. The van der Waals surface area contributed by atoms with Crippen LogP contribution in [0.5, 0.6) is 0 Å². The number of aliphatic imine (C=N–C) groups is 1. The van der Waals surface area contributed by atoms with Gasteiger partial charge in [-0.25, -0.2) is 0 Å². The zero-order valence-corrected chi connectivity index (χ0v) is 17.4. The zero-order valence-electron chi connectivity index (χ0n) is 16.5. The van der Waals surface area contributed by atoms with Gasteiger partial charge in [0.2, 0.25) is 0 Å². The van der Waals surface area contributed by atoms with Crippen molar-refractivity contribution >= 4 is 30.7 Å². The summed E-state index contributed by atoms with van der Waals surface area (Å²) >= 11 is 0. The van der Waals surface area contributed by atoms with Gasteiger partial charge in [0.15, 0.2) is 0 Å². The number of nitrogens with zero attached hydrogens (tertiary/aromatic N) is 2. The zero-order chi connectivity index (χ0) is 19.6. The van der Waals surface area contributed by atoms with E-state index in [0.29, 0.717) is 6.61 Å². The lowest BCUT2D eigenvalue weighted by atomic mass is 10.2. The third kappa shape index (κ3) is 6.02. The standard InChI is InChI=1S/C24H27N2OP/c1-26(2)22-16-14-21(15-17-22)20-25-18-9-19-27-28(23-10-5-3-6-11-23)24-12-7-4-8-13-24/h3-8,10-17,20H,9,18-19H2,1-2H3. The molecule has 0 fully saturated rings. The van der Waals surface area contributed by atoms with E-state index in [4.69, 9.17) is 4.52 Å². The molecule has 0 aliphatic heterocycles. The Bertz CT molecular complexity index is 809. The highest BCUT2D eigenvalue weighted by atomic mass is 31.1. The van der Waals surface area contributed by atoms with E-state index in [-0.39, 0.29) is 0 Å². The molecule has 0 aliphatic rings. The van der Waals surface area contributed by atoms with Crippen molar-refractivity contribution in [2.24, 2.45) is 4.99 Å². The SMILES string of the molecule is CN(C)c1ccc(C=NCCCOP(c2ccccc2)c2ccccc2)cc1. The molecular weight excluding hydrogens is 363 g/mol. The van der Waals surface area contributed by atoms with E-state index in [9.17, 15) is 0 Å². The van der Waals surface area contributed by atoms with Gasteiger partial charge < -0.3 is 9.42 Å². The molecule has 0 amide bonds. The molecule has 0 saturated heterocycles. The molecule has 0 bridgehead atoms. The predicted octanol–water partition coefficient (Wildman–Crippen LogP) is 4.63. The van der Waals surface area contributed by atoms with E-state index in [1.54, 1.807) is 0 Å². The maximum atomic E-state index is 6.29. The molecule has 0 N–H and O–H groups in total. The molecule has 3 aromatic carbocycles. The fourth-order valence-electron chi connectivity index (χ4n) is 2.77. The summed E-state index contributed by atoms with van der Waals surface area (Å²) in [7, 11) is 3.31. The fraction of sp³-hybridized carbons (Fsp3) is 0.208. The first-order chi connectivity index (χ1) is 13.7. The number of anilines is 1. The highest BCUT2D eigenvalue weighted by molar-refractivity contribution is 7.68. The molecule has 0 unspecified atom stereocenters. The molecule has 0 atom stereocenters. The Morgan fingerprint density at radius 1 is 0.821 bits per heavy atom. The van der Waals surface area contributed by atoms with Gasteiger partial charge in [-0.05, 0) is 24.1 Å². The lowest BCUT2D eigenvalue weighted by Crippen LogP contribution is -2.14. The van der Waals surface area contributed by atoms with Crippen molar-refractivity contribution in [2.45, 2.75) is 6.42 Å². The molecule has 144 valence electrons. The van der Waals surface area contributed by atoms with Crippen LogP contribution in [0, 0.1) is 0 Å². The molecule has 0 spiro atoms. The summed E-state index contributed by atoms with van der Waals surface area (Å²) in [6.07, 6.45) is 2.85. The van der Waals surface area contributed by atoms with Gasteiger partial charge in [-0.2, -0.15) is 0 Å². The number of benzene rings is 3. The van der Waals surface area contributed by atoms with Crippen LogP contribution in [-0.4, -0.2) is 33.5 Å². The van der Waals surface area contributed by atoms with Crippen LogP contribution in [0.4, 0.5) is 5.69 Å². The molecule has 3 rings (SSSR count). The van der Waals surface area contributed by atoms with Crippen molar-refractivity contribution in [1.29, 1.82) is 0 Å². The van der Waals surface area contributed by atoms with Gasteiger partial charge in [-0.1, -0.05) is 72.8 Å². The normalized spacial score (nSPS) is 11.2. The van der Waals surface area contributed by atoms with E-state index < -0.39 is 8.15 Å². The molecule has 3 nitrogen and oxygen atoms in total. The monoisotopic (exact) mass is 390 g/mol. The van der Waals surface area contributed by atoms with Crippen molar-refractivity contribution in [1.82, 2.24) is 0 Å². The van der Waals surface area contributed by atoms with Gasteiger partial charge in [0, 0.05) is 43.2 Å². The summed E-state index contributed by atoms with van der Waals surface area (Å²) in [5.74, 6) is 0. The van der Waals surface area contributed by atoms with Crippen LogP contribution in [0.25, 0.3) is 0 Å². The maximum Gasteiger partial charge on any atom is 0.0917 e. The maximum absolute atomic E-state index is 6.29. The molecular formula is C24H27N2OP. The Balaban J connectivity index is 1.51. The second-order valence-electron chi connectivity index (χ2n) is 6.67. The van der Waals surface area contributed by atoms with Gasteiger partial charge >= 0.3 is 0 Å². The summed E-state index contributed by atoms with van der Waals surface area (Å²) in [6, 6.07) is 29.4. The minimum Gasteiger partial charge on any atom is -0.378 e. The van der Waals surface area contributed by atoms with E-state index in [0.717, 1.165) is 18.5 Å². The average molecular weight is 390 g/mol. The van der Waals surface area contributed by atoms with E-state index in [2.05, 4.69) is 82.7 Å². The third-order valence-electron chi connectivity index (χ3n) is 4.28. The van der Waals surface area contributed by atoms with Gasteiger partial charge in [0.25, 0.3) is 0 Å². The van der Waals surface area contributed by atoms with Gasteiger partial charge in [-0.3, -0.25) is 4.99 Å².